The van der Waals surface area contributed by atoms with E-state index in [1.807, 2.05) is 47.8 Å². The van der Waals surface area contributed by atoms with Crippen molar-refractivity contribution in [3.63, 3.8) is 0 Å². The third kappa shape index (κ3) is 3.26. The van der Waals surface area contributed by atoms with Crippen LogP contribution in [0.25, 0.3) is 10.6 Å². The average Bonchev–Trinajstić information content (AvgIpc) is 3.40. The first-order valence-corrected chi connectivity index (χ1v) is 9.57. The number of likely N-dealkylation sites (tertiary alicyclic amines) is 1. The molecule has 2 atom stereocenters. The molecular formula is C20H19N3O3S. The molecule has 2 aromatic heterocycles. The fourth-order valence-electron chi connectivity index (χ4n) is 3.67. The largest absolute Gasteiger partial charge is 0.481 e. The maximum Gasteiger partial charge on any atom is 0.308 e. The summed E-state index contributed by atoms with van der Waals surface area (Å²) in [5.74, 6) is -1.87. The fraction of sp³-hybridized carbons (Fsp3) is 0.250. The summed E-state index contributed by atoms with van der Waals surface area (Å²) in [5.41, 5.74) is 2.11. The molecule has 1 saturated heterocycles. The highest BCUT2D eigenvalue weighted by atomic mass is 32.1. The van der Waals surface area contributed by atoms with Gasteiger partial charge in [-0.2, -0.15) is 5.10 Å². The SMILES string of the molecule is Cn1cc(C(=O)N2CC(C(=O)O)C(c3ccccc3)C2)c(-c2cccs2)n1. The van der Waals surface area contributed by atoms with Crippen LogP contribution in [0.15, 0.2) is 54.0 Å². The number of hydrogen-bond donors (Lipinski definition) is 1. The van der Waals surface area contributed by atoms with Crippen LogP contribution in [0.5, 0.6) is 0 Å². The van der Waals surface area contributed by atoms with Gasteiger partial charge in [0, 0.05) is 32.3 Å². The third-order valence-corrected chi connectivity index (χ3v) is 5.84. The Morgan fingerprint density at radius 3 is 2.59 bits per heavy atom. The lowest BCUT2D eigenvalue weighted by Crippen LogP contribution is -2.30. The van der Waals surface area contributed by atoms with Gasteiger partial charge in [0.15, 0.2) is 0 Å². The van der Waals surface area contributed by atoms with E-state index in [1.54, 1.807) is 22.8 Å². The lowest BCUT2D eigenvalue weighted by molar-refractivity contribution is -0.141. The highest BCUT2D eigenvalue weighted by Gasteiger charge is 2.41. The minimum atomic E-state index is -0.871. The molecule has 0 saturated carbocycles. The molecule has 3 heterocycles. The van der Waals surface area contributed by atoms with Gasteiger partial charge < -0.3 is 10.0 Å². The zero-order valence-corrected chi connectivity index (χ0v) is 15.6. The molecule has 0 bridgehead atoms. The summed E-state index contributed by atoms with van der Waals surface area (Å²) in [7, 11) is 1.78. The van der Waals surface area contributed by atoms with Gasteiger partial charge in [-0.15, -0.1) is 11.3 Å². The number of hydrogen-bond acceptors (Lipinski definition) is 4. The minimum absolute atomic E-state index is 0.170. The van der Waals surface area contributed by atoms with Gasteiger partial charge in [-0.3, -0.25) is 14.3 Å². The van der Waals surface area contributed by atoms with E-state index in [0.29, 0.717) is 17.8 Å². The average molecular weight is 381 g/mol. The van der Waals surface area contributed by atoms with Gasteiger partial charge in [0.1, 0.15) is 5.69 Å². The van der Waals surface area contributed by atoms with E-state index in [2.05, 4.69) is 5.10 Å². The highest BCUT2D eigenvalue weighted by molar-refractivity contribution is 7.13. The van der Waals surface area contributed by atoms with Crippen LogP contribution in [0.3, 0.4) is 0 Å². The van der Waals surface area contributed by atoms with E-state index in [1.165, 1.54) is 11.3 Å². The lowest BCUT2D eigenvalue weighted by Gasteiger charge is -2.16. The molecule has 1 N–H and O–H groups in total. The molecule has 1 aromatic carbocycles. The first-order valence-electron chi connectivity index (χ1n) is 8.69. The Kier molecular flexibility index (Phi) is 4.53. The van der Waals surface area contributed by atoms with Crippen molar-refractivity contribution in [3.8, 4) is 10.6 Å². The second-order valence-electron chi connectivity index (χ2n) is 6.71. The molecule has 2 unspecified atom stereocenters. The van der Waals surface area contributed by atoms with E-state index in [-0.39, 0.29) is 18.4 Å². The molecule has 3 aromatic rings. The number of thiophene rings is 1. The van der Waals surface area contributed by atoms with Crippen LogP contribution < -0.4 is 0 Å². The molecule has 1 fully saturated rings. The maximum atomic E-state index is 13.2. The number of aromatic nitrogens is 2. The van der Waals surface area contributed by atoms with Crippen molar-refractivity contribution in [1.29, 1.82) is 0 Å². The summed E-state index contributed by atoms with van der Waals surface area (Å²) in [6.07, 6.45) is 1.71. The number of benzene rings is 1. The molecular weight excluding hydrogens is 362 g/mol. The van der Waals surface area contributed by atoms with Crippen LogP contribution in [-0.2, 0) is 11.8 Å². The number of rotatable bonds is 4. The van der Waals surface area contributed by atoms with Gasteiger partial charge in [0.25, 0.3) is 5.91 Å². The zero-order valence-electron chi connectivity index (χ0n) is 14.8. The first-order chi connectivity index (χ1) is 13.0. The molecule has 0 spiro atoms. The van der Waals surface area contributed by atoms with Gasteiger partial charge >= 0.3 is 5.97 Å². The number of carbonyl (C=O) groups is 2. The molecule has 0 radical (unpaired) electrons. The lowest BCUT2D eigenvalue weighted by atomic mass is 9.89. The predicted octanol–water partition coefficient (Wildman–Crippen LogP) is 3.09. The normalized spacial score (nSPS) is 19.4. The Balaban J connectivity index is 1.65. The van der Waals surface area contributed by atoms with Gasteiger partial charge in [0.05, 0.1) is 16.4 Å². The van der Waals surface area contributed by atoms with Crippen molar-refractivity contribution in [1.82, 2.24) is 14.7 Å². The smallest absolute Gasteiger partial charge is 0.308 e. The van der Waals surface area contributed by atoms with Crippen molar-refractivity contribution in [2.75, 3.05) is 13.1 Å². The highest BCUT2D eigenvalue weighted by Crippen LogP contribution is 2.35. The summed E-state index contributed by atoms with van der Waals surface area (Å²) in [4.78, 5) is 27.6. The Labute approximate surface area is 160 Å². The standard InChI is InChI=1S/C20H19N3O3S/c1-22-10-16(18(21-22)17-8-5-9-27-17)19(24)23-11-14(15(12-23)20(25)26)13-6-3-2-4-7-13/h2-10,14-15H,11-12H2,1H3,(H,25,26). The van der Waals surface area contributed by atoms with Crippen molar-refractivity contribution in [2.24, 2.45) is 13.0 Å². The molecule has 1 amide bonds. The second kappa shape index (κ2) is 7.00. The molecule has 1 aliphatic heterocycles. The molecule has 4 rings (SSSR count). The summed E-state index contributed by atoms with van der Waals surface area (Å²) < 4.78 is 1.63. The van der Waals surface area contributed by atoms with Gasteiger partial charge in [-0.25, -0.2) is 0 Å². The molecule has 6 nitrogen and oxygen atoms in total. The van der Waals surface area contributed by atoms with Crippen LogP contribution in [0.4, 0.5) is 0 Å². The number of aryl methyl sites for hydroxylation is 1. The zero-order chi connectivity index (χ0) is 19.0. The molecule has 0 aliphatic carbocycles. The quantitative estimate of drug-likeness (QED) is 0.754. The summed E-state index contributed by atoms with van der Waals surface area (Å²) in [5, 5.41) is 16.1. The van der Waals surface area contributed by atoms with Crippen LogP contribution in [-0.4, -0.2) is 44.8 Å². The molecule has 7 heteroatoms. The van der Waals surface area contributed by atoms with Crippen LogP contribution in [0.2, 0.25) is 0 Å². The number of aliphatic carboxylic acids is 1. The maximum absolute atomic E-state index is 13.2. The topological polar surface area (TPSA) is 75.4 Å². The number of carbonyl (C=O) groups excluding carboxylic acids is 1. The molecule has 27 heavy (non-hydrogen) atoms. The summed E-state index contributed by atoms with van der Waals surface area (Å²) in [6, 6.07) is 13.4. The third-order valence-electron chi connectivity index (χ3n) is 4.97. The van der Waals surface area contributed by atoms with E-state index in [4.69, 9.17) is 0 Å². The number of amides is 1. The van der Waals surface area contributed by atoms with Crippen molar-refractivity contribution >= 4 is 23.2 Å². The van der Waals surface area contributed by atoms with E-state index < -0.39 is 11.9 Å². The number of carboxylic acids is 1. The van der Waals surface area contributed by atoms with E-state index >= 15 is 0 Å². The Morgan fingerprint density at radius 1 is 1.15 bits per heavy atom. The Hall–Kier alpha value is -2.93. The summed E-state index contributed by atoms with van der Waals surface area (Å²) in [6.45, 7) is 0.588. The van der Waals surface area contributed by atoms with Crippen LogP contribution in [0.1, 0.15) is 21.8 Å². The number of nitrogens with zero attached hydrogens (tertiary/aromatic N) is 3. The Bertz CT molecular complexity index is 966. The monoisotopic (exact) mass is 381 g/mol. The van der Waals surface area contributed by atoms with Crippen molar-refractivity contribution < 1.29 is 14.7 Å². The van der Waals surface area contributed by atoms with E-state index in [9.17, 15) is 14.7 Å². The van der Waals surface area contributed by atoms with Crippen LogP contribution >= 0.6 is 11.3 Å². The minimum Gasteiger partial charge on any atom is -0.481 e. The molecule has 1 aliphatic rings. The molecule has 138 valence electrons. The number of carboxylic acid groups (broad SMARTS) is 1. The summed E-state index contributed by atoms with van der Waals surface area (Å²) >= 11 is 1.53. The van der Waals surface area contributed by atoms with Gasteiger partial charge in [-0.05, 0) is 17.0 Å². The van der Waals surface area contributed by atoms with Crippen molar-refractivity contribution in [2.45, 2.75) is 5.92 Å². The Morgan fingerprint density at radius 2 is 1.93 bits per heavy atom. The van der Waals surface area contributed by atoms with Crippen LogP contribution in [0, 0.1) is 5.92 Å². The van der Waals surface area contributed by atoms with Crippen molar-refractivity contribution in [3.05, 3.63) is 65.2 Å². The fourth-order valence-corrected chi connectivity index (χ4v) is 4.39. The first kappa shape index (κ1) is 17.5. The second-order valence-corrected chi connectivity index (χ2v) is 7.66. The van der Waals surface area contributed by atoms with Gasteiger partial charge in [-0.1, -0.05) is 36.4 Å². The van der Waals surface area contributed by atoms with Gasteiger partial charge in [0.2, 0.25) is 0 Å². The van der Waals surface area contributed by atoms with E-state index in [0.717, 1.165) is 10.4 Å². The predicted molar refractivity (Wildman–Crippen MR) is 103 cm³/mol.